The first-order valence-electron chi connectivity index (χ1n) is 11.5. The Labute approximate surface area is 203 Å². The SMILES string of the molecule is Cc1ccc(N(C)C(=O)c2ccccc2)c(OCCCCCC(=O)N2CCN(C)CC2)c1.Cl. The first kappa shape index (κ1) is 26.7. The Balaban J connectivity index is 0.00000385. The predicted molar refractivity (Wildman–Crippen MR) is 136 cm³/mol. The molecule has 1 aliphatic rings. The van der Waals surface area contributed by atoms with Crippen molar-refractivity contribution in [2.45, 2.75) is 32.6 Å². The number of hydrogen-bond donors (Lipinski definition) is 0. The Morgan fingerprint density at radius 3 is 2.36 bits per heavy atom. The Hall–Kier alpha value is -2.57. The van der Waals surface area contributed by atoms with Crippen molar-refractivity contribution >= 4 is 29.9 Å². The van der Waals surface area contributed by atoms with Gasteiger partial charge in [-0.1, -0.05) is 24.3 Å². The number of nitrogens with zero attached hydrogens (tertiary/aromatic N) is 3. The van der Waals surface area contributed by atoms with Crippen molar-refractivity contribution in [3.05, 3.63) is 59.7 Å². The molecule has 6 nitrogen and oxygen atoms in total. The summed E-state index contributed by atoms with van der Waals surface area (Å²) in [7, 11) is 3.87. The largest absolute Gasteiger partial charge is 0.491 e. The van der Waals surface area contributed by atoms with Crippen LogP contribution in [-0.4, -0.2) is 68.5 Å². The molecule has 3 rings (SSSR count). The highest BCUT2D eigenvalue weighted by atomic mass is 35.5. The van der Waals surface area contributed by atoms with E-state index in [2.05, 4.69) is 11.9 Å². The first-order valence-corrected chi connectivity index (χ1v) is 11.5. The first-order chi connectivity index (χ1) is 15.5. The molecule has 0 saturated carbocycles. The standard InChI is InChI=1S/C26H35N3O3.ClH/c1-21-13-14-23(28(3)26(31)22-10-6-4-7-11-22)24(20-21)32-19-9-5-8-12-25(30)29-17-15-27(2)16-18-29;/h4,6-7,10-11,13-14,20H,5,8-9,12,15-19H2,1-3H3;1H. The average molecular weight is 474 g/mol. The van der Waals surface area contributed by atoms with Crippen LogP contribution in [0.15, 0.2) is 48.5 Å². The van der Waals surface area contributed by atoms with Crippen molar-refractivity contribution in [2.75, 3.05) is 51.8 Å². The monoisotopic (exact) mass is 473 g/mol. The van der Waals surface area contributed by atoms with Crippen LogP contribution in [0, 0.1) is 6.92 Å². The van der Waals surface area contributed by atoms with Crippen LogP contribution in [0.4, 0.5) is 5.69 Å². The molecule has 7 heteroatoms. The van der Waals surface area contributed by atoms with Gasteiger partial charge in [-0.15, -0.1) is 12.4 Å². The summed E-state index contributed by atoms with van der Waals surface area (Å²) in [6.45, 7) is 6.17. The van der Waals surface area contributed by atoms with Gasteiger partial charge in [0.05, 0.1) is 12.3 Å². The van der Waals surface area contributed by atoms with E-state index in [-0.39, 0.29) is 24.2 Å². The van der Waals surface area contributed by atoms with E-state index in [1.807, 2.05) is 60.4 Å². The third kappa shape index (κ3) is 7.76. The highest BCUT2D eigenvalue weighted by molar-refractivity contribution is 6.06. The maximum Gasteiger partial charge on any atom is 0.258 e. The lowest BCUT2D eigenvalue weighted by Crippen LogP contribution is -2.47. The maximum absolute atomic E-state index is 12.8. The lowest BCUT2D eigenvalue weighted by atomic mass is 10.1. The van der Waals surface area contributed by atoms with Gasteiger partial charge in [0.15, 0.2) is 0 Å². The number of piperazine rings is 1. The number of unbranched alkanes of at least 4 members (excludes halogenated alkanes) is 2. The number of aryl methyl sites for hydroxylation is 1. The van der Waals surface area contributed by atoms with Gasteiger partial charge in [-0.3, -0.25) is 9.59 Å². The van der Waals surface area contributed by atoms with Crippen molar-refractivity contribution in [2.24, 2.45) is 0 Å². The Kier molecular flexibility index (Phi) is 10.7. The molecule has 0 aromatic heterocycles. The quantitative estimate of drug-likeness (QED) is 0.506. The zero-order valence-electron chi connectivity index (χ0n) is 20.0. The molecule has 1 fully saturated rings. The molecule has 0 unspecified atom stereocenters. The Morgan fingerprint density at radius 1 is 0.970 bits per heavy atom. The molecule has 0 N–H and O–H groups in total. The van der Waals surface area contributed by atoms with Crippen LogP contribution in [0.5, 0.6) is 5.75 Å². The fourth-order valence-corrected chi connectivity index (χ4v) is 3.85. The van der Waals surface area contributed by atoms with Crippen LogP contribution in [0.1, 0.15) is 41.6 Å². The van der Waals surface area contributed by atoms with Gasteiger partial charge in [-0.25, -0.2) is 0 Å². The minimum atomic E-state index is -0.0679. The van der Waals surface area contributed by atoms with Gasteiger partial charge in [0.25, 0.3) is 5.91 Å². The molecule has 2 aromatic rings. The summed E-state index contributed by atoms with van der Waals surface area (Å²) in [5.41, 5.74) is 2.49. The molecule has 0 spiro atoms. The molecular formula is C26H36ClN3O3. The smallest absolute Gasteiger partial charge is 0.258 e. The summed E-state index contributed by atoms with van der Waals surface area (Å²) in [6.07, 6.45) is 3.30. The number of rotatable bonds is 9. The van der Waals surface area contributed by atoms with Gasteiger partial charge in [0, 0.05) is 45.2 Å². The molecule has 0 radical (unpaired) electrons. The molecule has 2 aromatic carbocycles. The van der Waals surface area contributed by atoms with Crippen molar-refractivity contribution in [1.82, 2.24) is 9.80 Å². The highest BCUT2D eigenvalue weighted by Gasteiger charge is 2.19. The van der Waals surface area contributed by atoms with Gasteiger partial charge in [0.2, 0.25) is 5.91 Å². The van der Waals surface area contributed by atoms with E-state index >= 15 is 0 Å². The molecule has 33 heavy (non-hydrogen) atoms. The second-order valence-corrected chi connectivity index (χ2v) is 8.54. The minimum absolute atomic E-state index is 0. The van der Waals surface area contributed by atoms with E-state index in [9.17, 15) is 9.59 Å². The summed E-state index contributed by atoms with van der Waals surface area (Å²) in [5.74, 6) is 0.910. The fraction of sp³-hybridized carbons (Fsp3) is 0.462. The molecule has 0 bridgehead atoms. The Morgan fingerprint density at radius 2 is 1.67 bits per heavy atom. The topological polar surface area (TPSA) is 53.1 Å². The van der Waals surface area contributed by atoms with E-state index in [4.69, 9.17) is 4.74 Å². The molecular weight excluding hydrogens is 438 g/mol. The maximum atomic E-state index is 12.8. The molecule has 0 aliphatic carbocycles. The molecule has 1 aliphatic heterocycles. The second kappa shape index (κ2) is 13.2. The van der Waals surface area contributed by atoms with Crippen molar-refractivity contribution < 1.29 is 14.3 Å². The number of anilines is 1. The molecule has 180 valence electrons. The van der Waals surface area contributed by atoms with Crippen molar-refractivity contribution in [3.8, 4) is 5.75 Å². The number of halogens is 1. The molecule has 1 heterocycles. The second-order valence-electron chi connectivity index (χ2n) is 8.54. The average Bonchev–Trinajstić information content (AvgIpc) is 2.81. The summed E-state index contributed by atoms with van der Waals surface area (Å²) >= 11 is 0. The van der Waals surface area contributed by atoms with E-state index in [0.717, 1.165) is 56.7 Å². The highest BCUT2D eigenvalue weighted by Crippen LogP contribution is 2.30. The minimum Gasteiger partial charge on any atom is -0.491 e. The van der Waals surface area contributed by atoms with Gasteiger partial charge >= 0.3 is 0 Å². The Bertz CT molecular complexity index is 899. The van der Waals surface area contributed by atoms with Gasteiger partial charge in [-0.05, 0) is 63.1 Å². The van der Waals surface area contributed by atoms with Crippen LogP contribution < -0.4 is 9.64 Å². The molecule has 1 saturated heterocycles. The number of likely N-dealkylation sites (N-methyl/N-ethyl adjacent to an activating group) is 1. The molecule has 2 amide bonds. The zero-order chi connectivity index (χ0) is 22.9. The van der Waals surface area contributed by atoms with E-state index < -0.39 is 0 Å². The third-order valence-electron chi connectivity index (χ3n) is 5.95. The summed E-state index contributed by atoms with van der Waals surface area (Å²) < 4.78 is 6.07. The van der Waals surface area contributed by atoms with E-state index in [1.54, 1.807) is 11.9 Å². The predicted octanol–water partition coefficient (Wildman–Crippen LogP) is 4.41. The lowest BCUT2D eigenvalue weighted by Gasteiger charge is -2.32. The summed E-state index contributed by atoms with van der Waals surface area (Å²) in [4.78, 5) is 31.1. The summed E-state index contributed by atoms with van der Waals surface area (Å²) in [6, 6.07) is 15.1. The number of ether oxygens (including phenoxy) is 1. The number of hydrogen-bond acceptors (Lipinski definition) is 4. The number of benzene rings is 2. The van der Waals surface area contributed by atoms with Crippen LogP contribution >= 0.6 is 12.4 Å². The lowest BCUT2D eigenvalue weighted by molar-refractivity contribution is -0.132. The van der Waals surface area contributed by atoms with Crippen LogP contribution in [0.25, 0.3) is 0 Å². The molecule has 0 atom stereocenters. The third-order valence-corrected chi connectivity index (χ3v) is 5.95. The van der Waals surface area contributed by atoms with E-state index in [0.29, 0.717) is 24.3 Å². The zero-order valence-corrected chi connectivity index (χ0v) is 20.8. The number of amides is 2. The number of carbonyl (C=O) groups excluding carboxylic acids is 2. The van der Waals surface area contributed by atoms with Gasteiger partial charge in [0.1, 0.15) is 5.75 Å². The van der Waals surface area contributed by atoms with Crippen molar-refractivity contribution in [1.29, 1.82) is 0 Å². The van der Waals surface area contributed by atoms with Gasteiger partial charge < -0.3 is 19.4 Å². The van der Waals surface area contributed by atoms with Crippen LogP contribution in [0.2, 0.25) is 0 Å². The normalized spacial score (nSPS) is 13.8. The number of carbonyl (C=O) groups is 2. The fourth-order valence-electron chi connectivity index (χ4n) is 3.85. The van der Waals surface area contributed by atoms with Crippen LogP contribution in [0.3, 0.4) is 0 Å². The van der Waals surface area contributed by atoms with E-state index in [1.165, 1.54) is 0 Å². The van der Waals surface area contributed by atoms with Crippen molar-refractivity contribution in [3.63, 3.8) is 0 Å². The summed E-state index contributed by atoms with van der Waals surface area (Å²) in [5, 5.41) is 0. The van der Waals surface area contributed by atoms with Gasteiger partial charge in [-0.2, -0.15) is 0 Å². The van der Waals surface area contributed by atoms with Crippen LogP contribution in [-0.2, 0) is 4.79 Å².